The number of halogens is 4. The Morgan fingerprint density at radius 2 is 1.77 bits per heavy atom. The third-order valence-electron chi connectivity index (χ3n) is 4.55. The van der Waals surface area contributed by atoms with Crippen LogP contribution in [0.25, 0.3) is 0 Å². The molecule has 0 fully saturated rings. The molecule has 2 rings (SSSR count). The fraction of sp³-hybridized carbons (Fsp3) is 0.364. The third-order valence-corrected chi connectivity index (χ3v) is 6.87. The first-order chi connectivity index (χ1) is 14.7. The van der Waals surface area contributed by atoms with Gasteiger partial charge < -0.3 is 10.2 Å². The van der Waals surface area contributed by atoms with Crippen molar-refractivity contribution in [2.75, 3.05) is 12.3 Å². The highest BCUT2D eigenvalue weighted by Crippen LogP contribution is 2.26. The number of nitrogens with one attached hydrogen (secondary N) is 1. The average Bonchev–Trinajstić information content (AvgIpc) is 2.73. The second-order valence-electron chi connectivity index (χ2n) is 6.97. The normalized spacial score (nSPS) is 11.8. The molecule has 0 saturated heterocycles. The van der Waals surface area contributed by atoms with Crippen molar-refractivity contribution in [3.8, 4) is 0 Å². The van der Waals surface area contributed by atoms with Gasteiger partial charge in [-0.25, -0.2) is 0 Å². The van der Waals surface area contributed by atoms with Crippen molar-refractivity contribution in [2.45, 2.75) is 38.6 Å². The minimum Gasteiger partial charge on any atom is -0.354 e. The lowest BCUT2D eigenvalue weighted by Gasteiger charge is -2.29. The number of hydrogen-bond acceptors (Lipinski definition) is 3. The van der Waals surface area contributed by atoms with E-state index in [9.17, 15) is 9.59 Å². The van der Waals surface area contributed by atoms with Crippen LogP contribution in [0.4, 0.5) is 0 Å². The summed E-state index contributed by atoms with van der Waals surface area (Å²) in [4.78, 5) is 27.2. The maximum Gasteiger partial charge on any atom is 0.242 e. The number of carbonyl (C=O) groups is 2. The summed E-state index contributed by atoms with van der Waals surface area (Å²) in [6.45, 7) is 4.46. The van der Waals surface area contributed by atoms with Crippen LogP contribution in [0.2, 0.25) is 20.1 Å². The SMILES string of the molecule is CCCNC(=O)C(C)N(Cc1ccc(Cl)cc1Cl)C(=O)CSCc1ccc(Cl)c(Cl)c1. The van der Waals surface area contributed by atoms with Crippen LogP contribution in [-0.4, -0.2) is 35.1 Å². The molecule has 0 saturated carbocycles. The van der Waals surface area contributed by atoms with Crippen LogP contribution in [0.3, 0.4) is 0 Å². The number of amides is 2. The number of nitrogens with zero attached hydrogens (tertiary/aromatic N) is 1. The molecule has 168 valence electrons. The maximum atomic E-state index is 13.1. The molecule has 1 N–H and O–H groups in total. The molecule has 0 aliphatic heterocycles. The monoisotopic (exact) mass is 520 g/mol. The topological polar surface area (TPSA) is 49.4 Å². The van der Waals surface area contributed by atoms with Crippen molar-refractivity contribution in [3.63, 3.8) is 0 Å². The van der Waals surface area contributed by atoms with Gasteiger partial charge in [0.2, 0.25) is 11.8 Å². The van der Waals surface area contributed by atoms with Crippen LogP contribution < -0.4 is 5.32 Å². The second kappa shape index (κ2) is 12.8. The first-order valence-electron chi connectivity index (χ1n) is 9.75. The fourth-order valence-electron chi connectivity index (χ4n) is 2.78. The van der Waals surface area contributed by atoms with Crippen LogP contribution in [0.5, 0.6) is 0 Å². The largest absolute Gasteiger partial charge is 0.354 e. The zero-order valence-electron chi connectivity index (χ0n) is 17.3. The highest BCUT2D eigenvalue weighted by molar-refractivity contribution is 7.99. The van der Waals surface area contributed by atoms with E-state index in [1.165, 1.54) is 11.8 Å². The summed E-state index contributed by atoms with van der Waals surface area (Å²) in [5.74, 6) is 0.441. The van der Waals surface area contributed by atoms with Gasteiger partial charge in [-0.1, -0.05) is 65.5 Å². The Morgan fingerprint density at radius 3 is 2.42 bits per heavy atom. The maximum absolute atomic E-state index is 13.1. The highest BCUT2D eigenvalue weighted by Gasteiger charge is 2.26. The van der Waals surface area contributed by atoms with Crippen LogP contribution >= 0.6 is 58.2 Å². The molecule has 9 heteroatoms. The van der Waals surface area contributed by atoms with Gasteiger partial charge in [0.15, 0.2) is 0 Å². The van der Waals surface area contributed by atoms with Crippen LogP contribution in [0, 0.1) is 0 Å². The number of carbonyl (C=O) groups excluding carboxylic acids is 2. The van der Waals surface area contributed by atoms with Gasteiger partial charge in [-0.05, 0) is 48.7 Å². The lowest BCUT2D eigenvalue weighted by atomic mass is 10.1. The first kappa shape index (κ1) is 26.1. The Bertz CT molecular complexity index is 926. The van der Waals surface area contributed by atoms with Crippen molar-refractivity contribution in [3.05, 3.63) is 67.6 Å². The quantitative estimate of drug-likeness (QED) is 0.389. The van der Waals surface area contributed by atoms with E-state index in [-0.39, 0.29) is 24.1 Å². The van der Waals surface area contributed by atoms with Gasteiger partial charge in [0, 0.05) is 28.9 Å². The summed E-state index contributed by atoms with van der Waals surface area (Å²) in [5.41, 5.74) is 1.69. The molecule has 1 atom stereocenters. The Kier molecular flexibility index (Phi) is 10.8. The molecule has 2 aromatic carbocycles. The lowest BCUT2D eigenvalue weighted by molar-refractivity contribution is -0.138. The Hall–Kier alpha value is -1.11. The van der Waals surface area contributed by atoms with Crippen molar-refractivity contribution >= 4 is 70.0 Å². The van der Waals surface area contributed by atoms with E-state index >= 15 is 0 Å². The summed E-state index contributed by atoms with van der Waals surface area (Å²) >= 11 is 25.7. The molecule has 0 aliphatic carbocycles. The molecule has 31 heavy (non-hydrogen) atoms. The molecular weight excluding hydrogens is 498 g/mol. The zero-order valence-corrected chi connectivity index (χ0v) is 21.1. The van der Waals surface area contributed by atoms with Crippen molar-refractivity contribution in [1.82, 2.24) is 10.2 Å². The fourth-order valence-corrected chi connectivity index (χ4v) is 4.43. The average molecular weight is 522 g/mol. The number of benzene rings is 2. The van der Waals surface area contributed by atoms with E-state index in [2.05, 4.69) is 5.32 Å². The first-order valence-corrected chi connectivity index (χ1v) is 12.4. The highest BCUT2D eigenvalue weighted by atomic mass is 35.5. The van der Waals surface area contributed by atoms with Gasteiger partial charge in [0.25, 0.3) is 0 Å². The summed E-state index contributed by atoms with van der Waals surface area (Å²) in [5, 5.41) is 4.78. The summed E-state index contributed by atoms with van der Waals surface area (Å²) in [6, 6.07) is 9.86. The number of thioether (sulfide) groups is 1. The van der Waals surface area contributed by atoms with E-state index in [4.69, 9.17) is 46.4 Å². The molecule has 0 bridgehead atoms. The van der Waals surface area contributed by atoms with Gasteiger partial charge in [0.05, 0.1) is 15.8 Å². The molecule has 0 spiro atoms. The van der Waals surface area contributed by atoms with Crippen molar-refractivity contribution in [1.29, 1.82) is 0 Å². The van der Waals surface area contributed by atoms with E-state index < -0.39 is 6.04 Å². The molecular formula is C22H24Cl4N2O2S. The zero-order chi connectivity index (χ0) is 23.0. The Morgan fingerprint density at radius 1 is 1.03 bits per heavy atom. The number of hydrogen-bond donors (Lipinski definition) is 1. The standard InChI is InChI=1S/C22H24Cl4N2O2S/c1-3-8-27-22(30)14(2)28(11-16-5-6-17(23)10-19(16)25)21(29)13-31-12-15-4-7-18(24)20(26)9-15/h4-7,9-10,14H,3,8,11-13H2,1-2H3,(H,27,30). The Labute approximate surface area is 207 Å². The van der Waals surface area contributed by atoms with E-state index in [1.807, 2.05) is 13.0 Å². The smallest absolute Gasteiger partial charge is 0.242 e. The predicted octanol–water partition coefficient (Wildman–Crippen LogP) is 6.48. The van der Waals surface area contributed by atoms with E-state index in [1.54, 1.807) is 42.2 Å². The summed E-state index contributed by atoms with van der Waals surface area (Å²) in [7, 11) is 0. The van der Waals surface area contributed by atoms with Gasteiger partial charge in [0.1, 0.15) is 6.04 Å². The molecule has 0 aliphatic rings. The molecule has 0 aromatic heterocycles. The van der Waals surface area contributed by atoms with Crippen LogP contribution in [0.1, 0.15) is 31.4 Å². The molecule has 2 amide bonds. The summed E-state index contributed by atoms with van der Waals surface area (Å²) < 4.78 is 0. The number of rotatable bonds is 10. The predicted molar refractivity (Wildman–Crippen MR) is 132 cm³/mol. The molecule has 4 nitrogen and oxygen atoms in total. The minimum absolute atomic E-state index is 0.157. The molecule has 0 radical (unpaired) electrons. The van der Waals surface area contributed by atoms with Gasteiger partial charge in [-0.15, -0.1) is 11.8 Å². The van der Waals surface area contributed by atoms with Gasteiger partial charge >= 0.3 is 0 Å². The molecule has 0 heterocycles. The van der Waals surface area contributed by atoms with Crippen molar-refractivity contribution in [2.24, 2.45) is 0 Å². The Balaban J connectivity index is 2.10. The summed E-state index contributed by atoms with van der Waals surface area (Å²) in [6.07, 6.45) is 0.814. The van der Waals surface area contributed by atoms with Crippen LogP contribution in [-0.2, 0) is 21.9 Å². The van der Waals surface area contributed by atoms with Gasteiger partial charge in [-0.3, -0.25) is 9.59 Å². The third kappa shape index (κ3) is 8.07. The minimum atomic E-state index is -0.642. The molecule has 1 unspecified atom stereocenters. The molecule has 2 aromatic rings. The second-order valence-corrected chi connectivity index (χ2v) is 9.61. The van der Waals surface area contributed by atoms with Crippen molar-refractivity contribution < 1.29 is 9.59 Å². The lowest BCUT2D eigenvalue weighted by Crippen LogP contribution is -2.48. The van der Waals surface area contributed by atoms with Crippen LogP contribution in [0.15, 0.2) is 36.4 Å². The van der Waals surface area contributed by atoms with Gasteiger partial charge in [-0.2, -0.15) is 0 Å². The van der Waals surface area contributed by atoms with E-state index in [0.29, 0.717) is 32.4 Å². The van der Waals surface area contributed by atoms with E-state index in [0.717, 1.165) is 17.5 Å².